The maximum Gasteiger partial charge on any atom is 0.335 e. The van der Waals surface area contributed by atoms with Crippen LogP contribution in [0.5, 0.6) is 5.75 Å². The fraction of sp³-hybridized carbons (Fsp3) is 0.125. The smallest absolute Gasteiger partial charge is 0.335 e. The summed E-state index contributed by atoms with van der Waals surface area (Å²) in [6.45, 7) is 0.282. The van der Waals surface area contributed by atoms with Crippen LogP contribution in [0, 0.1) is 0 Å². The molecule has 0 aliphatic rings. The van der Waals surface area contributed by atoms with Crippen molar-refractivity contribution in [1.82, 2.24) is 5.32 Å². The predicted molar refractivity (Wildman–Crippen MR) is 82.0 cm³/mol. The third-order valence-electron chi connectivity index (χ3n) is 3.16. The Bertz CT molecular complexity index is 696. The van der Waals surface area contributed by atoms with E-state index in [1.54, 1.807) is 30.3 Å². The molecule has 2 rings (SSSR count). The van der Waals surface area contributed by atoms with Gasteiger partial charge in [-0.15, -0.1) is 0 Å². The molecule has 0 radical (unpaired) electrons. The van der Waals surface area contributed by atoms with Gasteiger partial charge < -0.3 is 20.9 Å². The highest BCUT2D eigenvalue weighted by Gasteiger charge is 2.10. The first-order valence-corrected chi connectivity index (χ1v) is 6.55. The quantitative estimate of drug-likeness (QED) is 0.732. The van der Waals surface area contributed by atoms with Gasteiger partial charge in [-0.05, 0) is 29.8 Å². The Morgan fingerprint density at radius 3 is 2.41 bits per heavy atom. The summed E-state index contributed by atoms with van der Waals surface area (Å²) in [5.74, 6) is -0.706. The molecule has 2 aromatic rings. The Balaban J connectivity index is 2.02. The minimum Gasteiger partial charge on any atom is -0.497 e. The summed E-state index contributed by atoms with van der Waals surface area (Å²) in [6, 6.07) is 11.1. The van der Waals surface area contributed by atoms with E-state index in [0.717, 1.165) is 5.56 Å². The lowest BCUT2D eigenvalue weighted by Gasteiger charge is -2.09. The number of anilines is 1. The summed E-state index contributed by atoms with van der Waals surface area (Å²) in [7, 11) is 1.52. The fourth-order valence-corrected chi connectivity index (χ4v) is 1.92. The number of carbonyl (C=O) groups is 2. The predicted octanol–water partition coefficient (Wildman–Crippen LogP) is 1.91. The molecule has 6 nitrogen and oxygen atoms in total. The molecule has 0 spiro atoms. The number of nitrogens with one attached hydrogen (secondary N) is 1. The normalized spacial score (nSPS) is 10.0. The Morgan fingerprint density at radius 2 is 1.86 bits per heavy atom. The molecule has 22 heavy (non-hydrogen) atoms. The Hall–Kier alpha value is -3.02. The lowest BCUT2D eigenvalue weighted by atomic mass is 10.1. The van der Waals surface area contributed by atoms with Gasteiger partial charge in [-0.3, -0.25) is 4.79 Å². The molecule has 0 aromatic heterocycles. The van der Waals surface area contributed by atoms with Crippen molar-refractivity contribution in [2.24, 2.45) is 0 Å². The number of amides is 1. The number of hydrogen-bond donors (Lipinski definition) is 3. The highest BCUT2D eigenvalue weighted by atomic mass is 16.5. The third kappa shape index (κ3) is 3.54. The molecule has 0 fully saturated rings. The van der Waals surface area contributed by atoms with Gasteiger partial charge in [-0.25, -0.2) is 4.79 Å². The molecule has 114 valence electrons. The number of carboxylic acid groups (broad SMARTS) is 1. The molecule has 0 bridgehead atoms. The zero-order valence-corrected chi connectivity index (χ0v) is 12.0. The van der Waals surface area contributed by atoms with E-state index in [2.05, 4.69) is 5.32 Å². The Kier molecular flexibility index (Phi) is 4.63. The SMILES string of the molecule is COc1ccc(C(=O)NCc2ccc(C(=O)O)cc2)c(N)c1. The maximum atomic E-state index is 12.1. The zero-order chi connectivity index (χ0) is 16.1. The average molecular weight is 300 g/mol. The largest absolute Gasteiger partial charge is 0.497 e. The van der Waals surface area contributed by atoms with Crippen molar-refractivity contribution in [2.75, 3.05) is 12.8 Å². The van der Waals surface area contributed by atoms with Crippen molar-refractivity contribution in [2.45, 2.75) is 6.54 Å². The summed E-state index contributed by atoms with van der Waals surface area (Å²) in [6.07, 6.45) is 0. The van der Waals surface area contributed by atoms with Crippen LogP contribution in [-0.4, -0.2) is 24.1 Å². The molecule has 2 aromatic carbocycles. The van der Waals surface area contributed by atoms with E-state index in [1.165, 1.54) is 19.2 Å². The van der Waals surface area contributed by atoms with Crippen molar-refractivity contribution in [3.8, 4) is 5.75 Å². The number of benzene rings is 2. The highest BCUT2D eigenvalue weighted by molar-refractivity contribution is 5.99. The van der Waals surface area contributed by atoms with Gasteiger partial charge in [0, 0.05) is 18.3 Å². The molecule has 0 aliphatic heterocycles. The summed E-state index contributed by atoms with van der Waals surface area (Å²) >= 11 is 0. The Morgan fingerprint density at radius 1 is 1.18 bits per heavy atom. The topological polar surface area (TPSA) is 102 Å². The van der Waals surface area contributed by atoms with Crippen LogP contribution >= 0.6 is 0 Å². The highest BCUT2D eigenvalue weighted by Crippen LogP contribution is 2.19. The van der Waals surface area contributed by atoms with Gasteiger partial charge in [0.25, 0.3) is 5.91 Å². The van der Waals surface area contributed by atoms with Gasteiger partial charge >= 0.3 is 5.97 Å². The lowest BCUT2D eigenvalue weighted by Crippen LogP contribution is -2.23. The number of rotatable bonds is 5. The molecule has 4 N–H and O–H groups in total. The molecule has 0 saturated heterocycles. The van der Waals surface area contributed by atoms with Crippen LogP contribution in [0.4, 0.5) is 5.69 Å². The molecule has 0 unspecified atom stereocenters. The second-order valence-corrected chi connectivity index (χ2v) is 4.64. The first kappa shape index (κ1) is 15.4. The number of nitrogens with two attached hydrogens (primary N) is 1. The van der Waals surface area contributed by atoms with E-state index in [1.807, 2.05) is 0 Å². The van der Waals surface area contributed by atoms with E-state index >= 15 is 0 Å². The Labute approximate surface area is 127 Å². The monoisotopic (exact) mass is 300 g/mol. The summed E-state index contributed by atoms with van der Waals surface area (Å²) < 4.78 is 5.03. The molecule has 0 atom stereocenters. The van der Waals surface area contributed by atoms with Crippen LogP contribution in [0.1, 0.15) is 26.3 Å². The van der Waals surface area contributed by atoms with Crippen molar-refractivity contribution in [3.63, 3.8) is 0 Å². The first-order chi connectivity index (χ1) is 10.5. The van der Waals surface area contributed by atoms with Gasteiger partial charge in [0.1, 0.15) is 5.75 Å². The van der Waals surface area contributed by atoms with Gasteiger partial charge in [0.05, 0.1) is 18.2 Å². The van der Waals surface area contributed by atoms with Crippen molar-refractivity contribution in [1.29, 1.82) is 0 Å². The summed E-state index contributed by atoms with van der Waals surface area (Å²) in [4.78, 5) is 22.8. The number of methoxy groups -OCH3 is 1. The number of aromatic carboxylic acids is 1. The standard InChI is InChI=1S/C16H16N2O4/c1-22-12-6-7-13(14(17)8-12)15(19)18-9-10-2-4-11(5-3-10)16(20)21/h2-8H,9,17H2,1H3,(H,18,19)(H,20,21). The van der Waals surface area contributed by atoms with Crippen LogP contribution in [0.3, 0.4) is 0 Å². The van der Waals surface area contributed by atoms with Gasteiger partial charge in [-0.2, -0.15) is 0 Å². The fourth-order valence-electron chi connectivity index (χ4n) is 1.92. The second kappa shape index (κ2) is 6.62. The molecule has 1 amide bonds. The van der Waals surface area contributed by atoms with Crippen LogP contribution in [-0.2, 0) is 6.54 Å². The van der Waals surface area contributed by atoms with E-state index in [-0.39, 0.29) is 18.0 Å². The summed E-state index contributed by atoms with van der Waals surface area (Å²) in [5, 5.41) is 11.6. The second-order valence-electron chi connectivity index (χ2n) is 4.64. The number of hydrogen-bond acceptors (Lipinski definition) is 4. The van der Waals surface area contributed by atoms with Crippen molar-refractivity contribution < 1.29 is 19.4 Å². The lowest BCUT2D eigenvalue weighted by molar-refractivity contribution is 0.0696. The molecule has 0 aliphatic carbocycles. The zero-order valence-electron chi connectivity index (χ0n) is 12.0. The molecule has 6 heteroatoms. The number of nitrogen functional groups attached to an aromatic ring is 1. The minimum atomic E-state index is -0.985. The average Bonchev–Trinajstić information content (AvgIpc) is 2.52. The molecule has 0 heterocycles. The number of carboxylic acids is 1. The molecular formula is C16H16N2O4. The number of ether oxygens (including phenoxy) is 1. The summed E-state index contributed by atoms with van der Waals surface area (Å²) in [5.41, 5.74) is 7.51. The van der Waals surface area contributed by atoms with Crippen LogP contribution in [0.15, 0.2) is 42.5 Å². The van der Waals surface area contributed by atoms with E-state index in [0.29, 0.717) is 17.0 Å². The van der Waals surface area contributed by atoms with Crippen LogP contribution < -0.4 is 15.8 Å². The van der Waals surface area contributed by atoms with Gasteiger partial charge in [0.2, 0.25) is 0 Å². The van der Waals surface area contributed by atoms with Crippen molar-refractivity contribution >= 4 is 17.6 Å². The number of carbonyl (C=O) groups excluding carboxylic acids is 1. The third-order valence-corrected chi connectivity index (χ3v) is 3.16. The molecule has 0 saturated carbocycles. The van der Waals surface area contributed by atoms with E-state index < -0.39 is 5.97 Å². The minimum absolute atomic E-state index is 0.203. The van der Waals surface area contributed by atoms with Gasteiger partial charge in [-0.1, -0.05) is 12.1 Å². The maximum absolute atomic E-state index is 12.1. The van der Waals surface area contributed by atoms with Gasteiger partial charge in [0.15, 0.2) is 0 Å². The van der Waals surface area contributed by atoms with Crippen LogP contribution in [0.25, 0.3) is 0 Å². The van der Waals surface area contributed by atoms with Crippen LogP contribution in [0.2, 0.25) is 0 Å². The van der Waals surface area contributed by atoms with Crippen molar-refractivity contribution in [3.05, 3.63) is 59.2 Å². The van der Waals surface area contributed by atoms with E-state index in [9.17, 15) is 9.59 Å². The van der Waals surface area contributed by atoms with E-state index in [4.69, 9.17) is 15.6 Å². The molecular weight excluding hydrogens is 284 g/mol. The first-order valence-electron chi connectivity index (χ1n) is 6.55.